The zero-order valence-electron chi connectivity index (χ0n) is 13.3. The van der Waals surface area contributed by atoms with Crippen LogP contribution in [0.25, 0.3) is 11.2 Å². The highest BCUT2D eigenvalue weighted by atomic mass is 15.2. The van der Waals surface area contributed by atoms with Crippen LogP contribution < -0.4 is 5.73 Å². The molecule has 2 fully saturated rings. The van der Waals surface area contributed by atoms with Gasteiger partial charge in [-0.05, 0) is 54.6 Å². The Kier molecular flexibility index (Phi) is 2.36. The fourth-order valence-corrected chi connectivity index (χ4v) is 5.27. The van der Waals surface area contributed by atoms with Gasteiger partial charge in [-0.25, -0.2) is 9.97 Å². The summed E-state index contributed by atoms with van der Waals surface area (Å²) < 4.78 is 2.23. The highest BCUT2D eigenvalue weighted by Crippen LogP contribution is 2.68. The van der Waals surface area contributed by atoms with E-state index in [2.05, 4.69) is 41.4 Å². The molecule has 21 heavy (non-hydrogen) atoms. The van der Waals surface area contributed by atoms with E-state index in [1.165, 1.54) is 19.3 Å². The maximum atomic E-state index is 6.31. The van der Waals surface area contributed by atoms with Crippen molar-refractivity contribution in [2.24, 2.45) is 16.7 Å². The first-order valence-electron chi connectivity index (χ1n) is 7.93. The van der Waals surface area contributed by atoms with Crippen molar-refractivity contribution in [1.82, 2.24) is 14.5 Å². The summed E-state index contributed by atoms with van der Waals surface area (Å²) in [6.45, 7) is 9.26. The first-order chi connectivity index (χ1) is 9.83. The Labute approximate surface area is 125 Å². The molecule has 2 aliphatic carbocycles. The molecule has 4 nitrogen and oxygen atoms in total. The minimum Gasteiger partial charge on any atom is -0.369 e. The molecular formula is C17H24N4. The summed E-state index contributed by atoms with van der Waals surface area (Å²) in [4.78, 5) is 9.22. The molecule has 2 aromatic heterocycles. The van der Waals surface area contributed by atoms with Crippen molar-refractivity contribution in [3.05, 3.63) is 17.8 Å². The van der Waals surface area contributed by atoms with Crippen molar-refractivity contribution in [3.8, 4) is 0 Å². The Bertz CT molecular complexity index is 725. The third-order valence-corrected chi connectivity index (χ3v) is 6.15. The third-order valence-electron chi connectivity index (χ3n) is 6.15. The molecule has 2 saturated carbocycles. The zero-order valence-corrected chi connectivity index (χ0v) is 13.3. The van der Waals surface area contributed by atoms with Crippen LogP contribution in [0.15, 0.2) is 12.3 Å². The van der Waals surface area contributed by atoms with Gasteiger partial charge in [-0.3, -0.25) is 4.57 Å². The van der Waals surface area contributed by atoms with Gasteiger partial charge in [0.05, 0.1) is 0 Å². The van der Waals surface area contributed by atoms with Crippen LogP contribution in [-0.2, 0) is 0 Å². The van der Waals surface area contributed by atoms with Crippen molar-refractivity contribution in [3.63, 3.8) is 0 Å². The van der Waals surface area contributed by atoms with Gasteiger partial charge in [-0.1, -0.05) is 20.8 Å². The van der Waals surface area contributed by atoms with Gasteiger partial charge in [0, 0.05) is 12.2 Å². The van der Waals surface area contributed by atoms with Crippen LogP contribution in [0.3, 0.4) is 0 Å². The Hall–Kier alpha value is -1.58. The summed E-state index contributed by atoms with van der Waals surface area (Å²) in [5.74, 6) is 1.41. The number of nitrogen functional groups attached to an aromatic ring is 1. The molecule has 3 unspecified atom stereocenters. The minimum atomic E-state index is 0.251. The number of anilines is 1. The molecule has 0 aromatic carbocycles. The first-order valence-corrected chi connectivity index (χ1v) is 7.93. The molecule has 0 spiro atoms. The Morgan fingerprint density at radius 1 is 1.33 bits per heavy atom. The van der Waals surface area contributed by atoms with Gasteiger partial charge in [0.1, 0.15) is 5.52 Å². The van der Waals surface area contributed by atoms with Gasteiger partial charge in [-0.15, -0.1) is 0 Å². The number of aryl methyl sites for hydroxylation is 1. The number of nitrogens with zero attached hydrogens (tertiary/aromatic N) is 3. The second-order valence-corrected chi connectivity index (χ2v) is 8.01. The summed E-state index contributed by atoms with van der Waals surface area (Å²) >= 11 is 0. The maximum absolute atomic E-state index is 6.31. The van der Waals surface area contributed by atoms with E-state index in [1.54, 1.807) is 0 Å². The average Bonchev–Trinajstić information content (AvgIpc) is 2.97. The van der Waals surface area contributed by atoms with E-state index in [1.807, 2.05) is 13.1 Å². The Balaban J connectivity index is 1.96. The lowest BCUT2D eigenvalue weighted by Crippen LogP contribution is -2.37. The molecule has 2 N–H and O–H groups in total. The summed E-state index contributed by atoms with van der Waals surface area (Å²) in [5.41, 5.74) is 9.88. The van der Waals surface area contributed by atoms with Crippen molar-refractivity contribution in [2.75, 3.05) is 5.73 Å². The molecule has 3 atom stereocenters. The van der Waals surface area contributed by atoms with E-state index in [0.717, 1.165) is 22.6 Å². The van der Waals surface area contributed by atoms with Gasteiger partial charge in [-0.2, -0.15) is 0 Å². The SMILES string of the molecule is Cc1cnc2c(c1)nc(N)n2C1C2(C)CCC(C2)C1(C)C. The number of hydrogen-bond acceptors (Lipinski definition) is 3. The number of hydrogen-bond donors (Lipinski definition) is 1. The molecule has 2 aliphatic rings. The number of imidazole rings is 1. The summed E-state index contributed by atoms with van der Waals surface area (Å²) in [6, 6.07) is 2.47. The van der Waals surface area contributed by atoms with Crippen LogP contribution >= 0.6 is 0 Å². The summed E-state index contributed by atoms with van der Waals surface area (Å²) in [7, 11) is 0. The molecule has 2 heterocycles. The Morgan fingerprint density at radius 2 is 2.10 bits per heavy atom. The summed E-state index contributed by atoms with van der Waals surface area (Å²) in [6.07, 6.45) is 5.86. The zero-order chi connectivity index (χ0) is 15.0. The number of nitrogens with two attached hydrogens (primary N) is 1. The highest BCUT2D eigenvalue weighted by Gasteiger charge is 2.60. The molecule has 112 valence electrons. The molecule has 2 bridgehead atoms. The third kappa shape index (κ3) is 1.56. The van der Waals surface area contributed by atoms with Gasteiger partial charge < -0.3 is 5.73 Å². The number of pyridine rings is 1. The van der Waals surface area contributed by atoms with Crippen LogP contribution in [-0.4, -0.2) is 14.5 Å². The second-order valence-electron chi connectivity index (χ2n) is 8.01. The lowest BCUT2D eigenvalue weighted by molar-refractivity contribution is 0.0878. The number of aromatic nitrogens is 3. The van der Waals surface area contributed by atoms with Crippen LogP contribution in [0.1, 0.15) is 51.6 Å². The minimum absolute atomic E-state index is 0.251. The van der Waals surface area contributed by atoms with Gasteiger partial charge in [0.15, 0.2) is 5.65 Å². The van der Waals surface area contributed by atoms with Gasteiger partial charge in [0.25, 0.3) is 0 Å². The molecule has 2 aromatic rings. The van der Waals surface area contributed by atoms with E-state index in [4.69, 9.17) is 5.73 Å². The van der Waals surface area contributed by atoms with Crippen molar-refractivity contribution in [1.29, 1.82) is 0 Å². The van der Waals surface area contributed by atoms with Crippen LogP contribution in [0.4, 0.5) is 5.95 Å². The first kappa shape index (κ1) is 13.1. The molecule has 0 saturated heterocycles. The maximum Gasteiger partial charge on any atom is 0.202 e. The predicted octanol–water partition coefficient (Wildman–Crippen LogP) is 3.71. The fourth-order valence-electron chi connectivity index (χ4n) is 5.27. The monoisotopic (exact) mass is 284 g/mol. The van der Waals surface area contributed by atoms with Crippen LogP contribution in [0.5, 0.6) is 0 Å². The Morgan fingerprint density at radius 3 is 2.76 bits per heavy atom. The molecule has 4 rings (SSSR count). The van der Waals surface area contributed by atoms with Crippen LogP contribution in [0, 0.1) is 23.7 Å². The quantitative estimate of drug-likeness (QED) is 0.868. The predicted molar refractivity (Wildman–Crippen MR) is 84.9 cm³/mol. The second kappa shape index (κ2) is 3.79. The summed E-state index contributed by atoms with van der Waals surface area (Å²) in [5, 5.41) is 0. The van der Waals surface area contributed by atoms with E-state index >= 15 is 0 Å². The van der Waals surface area contributed by atoms with Crippen molar-refractivity contribution >= 4 is 17.1 Å². The van der Waals surface area contributed by atoms with Crippen molar-refractivity contribution in [2.45, 2.75) is 53.0 Å². The standard InChI is InChI=1S/C17H24N4/c1-10-7-12-13(19-9-10)21(15(18)20-12)14-16(2,3)11-5-6-17(14,4)8-11/h7,9,11,14H,5-6,8H2,1-4H3,(H2,18,20). The van der Waals surface area contributed by atoms with Gasteiger partial charge >= 0.3 is 0 Å². The van der Waals surface area contributed by atoms with Crippen LogP contribution in [0.2, 0.25) is 0 Å². The number of fused-ring (bicyclic) bond motifs is 3. The topological polar surface area (TPSA) is 56.7 Å². The molecule has 0 radical (unpaired) electrons. The fraction of sp³-hybridized carbons (Fsp3) is 0.647. The molecule has 0 aliphatic heterocycles. The lowest BCUT2D eigenvalue weighted by Gasteiger charge is -2.43. The van der Waals surface area contributed by atoms with Crippen molar-refractivity contribution < 1.29 is 0 Å². The number of rotatable bonds is 1. The van der Waals surface area contributed by atoms with E-state index in [0.29, 0.717) is 17.4 Å². The lowest BCUT2D eigenvalue weighted by atomic mass is 9.68. The van der Waals surface area contributed by atoms with Gasteiger partial charge in [0.2, 0.25) is 5.95 Å². The smallest absolute Gasteiger partial charge is 0.202 e. The highest BCUT2D eigenvalue weighted by molar-refractivity contribution is 5.75. The largest absolute Gasteiger partial charge is 0.369 e. The molecule has 0 amide bonds. The average molecular weight is 284 g/mol. The van der Waals surface area contributed by atoms with E-state index < -0.39 is 0 Å². The van der Waals surface area contributed by atoms with E-state index in [9.17, 15) is 0 Å². The normalized spacial score (nSPS) is 33.9. The molecule has 4 heteroatoms. The molecular weight excluding hydrogens is 260 g/mol. The van der Waals surface area contributed by atoms with E-state index in [-0.39, 0.29) is 5.41 Å².